The Hall–Kier alpha value is -1.35. The second-order valence-electron chi connectivity index (χ2n) is 5.89. The van der Waals surface area contributed by atoms with E-state index in [9.17, 15) is 0 Å². The van der Waals surface area contributed by atoms with Gasteiger partial charge in [0.2, 0.25) is 0 Å². The van der Waals surface area contributed by atoms with Gasteiger partial charge in [-0.25, -0.2) is 0 Å². The monoisotopic (exact) mass is 300 g/mol. The molecule has 0 saturated heterocycles. The molecule has 2 nitrogen and oxygen atoms in total. The molecular weight excluding hydrogens is 280 g/mol. The molecule has 3 rings (SSSR count). The normalized spacial score (nSPS) is 18.0. The largest absolute Gasteiger partial charge is 0.271 e. The summed E-state index contributed by atoms with van der Waals surface area (Å²) in [7, 11) is 0. The molecule has 21 heavy (non-hydrogen) atoms. The van der Waals surface area contributed by atoms with E-state index in [2.05, 4.69) is 41.8 Å². The summed E-state index contributed by atoms with van der Waals surface area (Å²) in [5.74, 6) is 5.91. The van der Waals surface area contributed by atoms with Gasteiger partial charge >= 0.3 is 0 Å². The summed E-state index contributed by atoms with van der Waals surface area (Å²) >= 11 is 6.31. The lowest BCUT2D eigenvalue weighted by molar-refractivity contribution is 0.168. The Morgan fingerprint density at radius 1 is 1.05 bits per heavy atom. The van der Waals surface area contributed by atoms with Crippen molar-refractivity contribution in [1.82, 2.24) is 5.43 Å². The van der Waals surface area contributed by atoms with E-state index in [0.29, 0.717) is 0 Å². The zero-order valence-corrected chi connectivity index (χ0v) is 12.8. The second-order valence-corrected chi connectivity index (χ2v) is 6.30. The first kappa shape index (κ1) is 14.6. The zero-order valence-electron chi connectivity index (χ0n) is 12.1. The molecule has 1 aliphatic carbocycles. The van der Waals surface area contributed by atoms with E-state index in [1.807, 2.05) is 18.2 Å². The van der Waals surface area contributed by atoms with Crippen LogP contribution >= 0.6 is 11.6 Å². The van der Waals surface area contributed by atoms with Crippen LogP contribution in [0.1, 0.15) is 30.4 Å². The predicted molar refractivity (Wildman–Crippen MR) is 88.2 cm³/mol. The molecule has 0 aromatic heterocycles. The Kier molecular flexibility index (Phi) is 4.29. The number of hydrogen-bond acceptors (Lipinski definition) is 2. The molecule has 0 aliphatic heterocycles. The fourth-order valence-electron chi connectivity index (χ4n) is 3.46. The maximum Gasteiger partial charge on any atom is 0.0438 e. The Balaban J connectivity index is 1.90. The maximum absolute atomic E-state index is 6.31. The Morgan fingerprint density at radius 2 is 1.71 bits per heavy atom. The first-order chi connectivity index (χ1) is 10.3. The maximum atomic E-state index is 6.31. The van der Waals surface area contributed by atoms with Crippen molar-refractivity contribution >= 4 is 11.6 Å². The molecule has 2 aromatic rings. The molecule has 2 aromatic carbocycles. The van der Waals surface area contributed by atoms with Crippen LogP contribution < -0.4 is 11.3 Å². The first-order valence-corrected chi connectivity index (χ1v) is 7.89. The van der Waals surface area contributed by atoms with E-state index >= 15 is 0 Å². The first-order valence-electron chi connectivity index (χ1n) is 7.51. The van der Waals surface area contributed by atoms with Crippen molar-refractivity contribution in [2.24, 2.45) is 5.84 Å². The third-order valence-electron chi connectivity index (χ3n) is 4.84. The van der Waals surface area contributed by atoms with Gasteiger partial charge in [0.1, 0.15) is 0 Å². The third kappa shape index (κ3) is 2.71. The van der Waals surface area contributed by atoms with Crippen LogP contribution in [0, 0.1) is 0 Å². The van der Waals surface area contributed by atoms with Crippen molar-refractivity contribution in [3.05, 3.63) is 70.7 Å². The summed E-state index contributed by atoms with van der Waals surface area (Å²) in [5, 5.41) is 0.820. The molecular formula is C18H21ClN2. The Morgan fingerprint density at radius 3 is 2.29 bits per heavy atom. The molecule has 0 heterocycles. The lowest BCUT2D eigenvalue weighted by Gasteiger charge is -2.48. The van der Waals surface area contributed by atoms with Crippen molar-refractivity contribution in [3.8, 4) is 0 Å². The summed E-state index contributed by atoms with van der Waals surface area (Å²) in [5.41, 5.74) is 5.73. The minimum Gasteiger partial charge on any atom is -0.271 e. The van der Waals surface area contributed by atoms with Crippen molar-refractivity contribution in [3.63, 3.8) is 0 Å². The van der Waals surface area contributed by atoms with Gasteiger partial charge in [0, 0.05) is 16.5 Å². The Bertz CT molecular complexity index is 593. The van der Waals surface area contributed by atoms with Crippen LogP contribution in [0.3, 0.4) is 0 Å². The van der Waals surface area contributed by atoms with E-state index in [1.165, 1.54) is 24.8 Å². The molecule has 0 spiro atoms. The van der Waals surface area contributed by atoms with Crippen LogP contribution in [0.15, 0.2) is 54.6 Å². The van der Waals surface area contributed by atoms with Gasteiger partial charge in [-0.05, 0) is 36.5 Å². The number of hydrogen-bond donors (Lipinski definition) is 2. The fourth-order valence-corrected chi connectivity index (χ4v) is 3.68. The lowest BCUT2D eigenvalue weighted by atomic mass is 9.59. The van der Waals surface area contributed by atoms with Crippen molar-refractivity contribution in [2.75, 3.05) is 0 Å². The van der Waals surface area contributed by atoms with Gasteiger partial charge in [-0.15, -0.1) is 0 Å². The lowest BCUT2D eigenvalue weighted by Crippen LogP contribution is -2.56. The smallest absolute Gasteiger partial charge is 0.0438 e. The van der Waals surface area contributed by atoms with Crippen molar-refractivity contribution < 1.29 is 0 Å². The molecule has 0 radical (unpaired) electrons. The molecule has 3 heteroatoms. The molecule has 1 fully saturated rings. The predicted octanol–water partition coefficient (Wildman–Crippen LogP) is 3.84. The van der Waals surface area contributed by atoms with Gasteiger partial charge in [-0.1, -0.05) is 66.6 Å². The summed E-state index contributed by atoms with van der Waals surface area (Å²) in [6.45, 7) is 0. The highest BCUT2D eigenvalue weighted by molar-refractivity contribution is 6.31. The quantitative estimate of drug-likeness (QED) is 0.650. The Labute approximate surface area is 131 Å². The number of nitrogens with one attached hydrogen (secondary N) is 1. The van der Waals surface area contributed by atoms with Gasteiger partial charge < -0.3 is 0 Å². The summed E-state index contributed by atoms with van der Waals surface area (Å²) in [4.78, 5) is 0. The molecule has 3 N–H and O–H groups in total. The molecule has 1 atom stereocenters. The van der Waals surface area contributed by atoms with E-state index in [1.54, 1.807) is 0 Å². The van der Waals surface area contributed by atoms with Gasteiger partial charge in [0.15, 0.2) is 0 Å². The highest BCUT2D eigenvalue weighted by Crippen LogP contribution is 2.47. The van der Waals surface area contributed by atoms with E-state index < -0.39 is 0 Å². The van der Waals surface area contributed by atoms with Gasteiger partial charge in [-0.3, -0.25) is 11.3 Å². The van der Waals surface area contributed by atoms with Crippen molar-refractivity contribution in [1.29, 1.82) is 0 Å². The highest BCUT2D eigenvalue weighted by atomic mass is 35.5. The molecule has 1 unspecified atom stereocenters. The minimum absolute atomic E-state index is 0.134. The number of benzene rings is 2. The minimum atomic E-state index is 0.134. The zero-order chi connectivity index (χ0) is 14.7. The summed E-state index contributed by atoms with van der Waals surface area (Å²) < 4.78 is 0. The SMILES string of the molecule is NNC(Cc1ccccc1Cl)C1(c2ccccc2)CCC1. The fraction of sp³-hybridized carbons (Fsp3) is 0.333. The van der Waals surface area contributed by atoms with Crippen LogP contribution in [0.25, 0.3) is 0 Å². The average Bonchev–Trinajstić information content (AvgIpc) is 2.48. The van der Waals surface area contributed by atoms with Crippen LogP contribution in [0.2, 0.25) is 5.02 Å². The summed E-state index contributed by atoms with van der Waals surface area (Å²) in [6.07, 6.45) is 4.47. The molecule has 0 amide bonds. The van der Waals surface area contributed by atoms with Crippen LogP contribution in [-0.2, 0) is 11.8 Å². The molecule has 110 valence electrons. The van der Waals surface area contributed by atoms with Gasteiger partial charge in [0.05, 0.1) is 0 Å². The van der Waals surface area contributed by atoms with E-state index in [4.69, 9.17) is 17.4 Å². The standard InChI is InChI=1S/C18H21ClN2/c19-16-10-5-4-7-14(16)13-17(21-20)18(11-6-12-18)15-8-2-1-3-9-15/h1-5,7-10,17,21H,6,11-13,20H2. The third-order valence-corrected chi connectivity index (χ3v) is 5.21. The second kappa shape index (κ2) is 6.18. The van der Waals surface area contributed by atoms with Crippen LogP contribution in [0.5, 0.6) is 0 Å². The molecule has 1 saturated carbocycles. The number of hydrazine groups is 1. The molecule has 0 bridgehead atoms. The van der Waals surface area contributed by atoms with Crippen LogP contribution in [0.4, 0.5) is 0 Å². The number of rotatable bonds is 5. The van der Waals surface area contributed by atoms with Crippen LogP contribution in [-0.4, -0.2) is 6.04 Å². The summed E-state index contributed by atoms with van der Waals surface area (Å²) in [6, 6.07) is 19.0. The number of halogens is 1. The van der Waals surface area contributed by atoms with Gasteiger partial charge in [0.25, 0.3) is 0 Å². The van der Waals surface area contributed by atoms with E-state index in [-0.39, 0.29) is 11.5 Å². The number of nitrogens with two attached hydrogens (primary N) is 1. The molecule has 1 aliphatic rings. The average molecular weight is 301 g/mol. The van der Waals surface area contributed by atoms with E-state index in [0.717, 1.165) is 17.0 Å². The van der Waals surface area contributed by atoms with Gasteiger partial charge in [-0.2, -0.15) is 0 Å². The van der Waals surface area contributed by atoms with Crippen molar-refractivity contribution in [2.45, 2.75) is 37.1 Å². The topological polar surface area (TPSA) is 38.0 Å². The highest BCUT2D eigenvalue weighted by Gasteiger charge is 2.45.